The molecule has 156 valence electrons. The van der Waals surface area contributed by atoms with Crippen molar-refractivity contribution in [2.75, 3.05) is 7.11 Å². The van der Waals surface area contributed by atoms with Gasteiger partial charge in [-0.15, -0.1) is 0 Å². The first-order valence-electron chi connectivity index (χ1n) is 10.8. The molecule has 3 aromatic rings. The zero-order valence-corrected chi connectivity index (χ0v) is 18.5. The van der Waals surface area contributed by atoms with Crippen molar-refractivity contribution in [2.45, 2.75) is 52.4 Å². The molecule has 0 saturated heterocycles. The lowest BCUT2D eigenvalue weighted by molar-refractivity contribution is 0.0946. The van der Waals surface area contributed by atoms with E-state index in [-0.39, 0.29) is 5.91 Å². The normalized spacial score (nSPS) is 18.3. The number of rotatable bonds is 4. The van der Waals surface area contributed by atoms with Crippen molar-refractivity contribution >= 4 is 5.91 Å². The summed E-state index contributed by atoms with van der Waals surface area (Å²) in [6.07, 6.45) is 2.20. The summed E-state index contributed by atoms with van der Waals surface area (Å²) < 4.78 is 7.30. The topological polar surface area (TPSA) is 44.1 Å². The number of hydrogen-bond acceptors (Lipinski definition) is 3. The van der Waals surface area contributed by atoms with Crippen LogP contribution in [0.2, 0.25) is 0 Å². The van der Waals surface area contributed by atoms with Crippen molar-refractivity contribution in [1.29, 1.82) is 0 Å². The summed E-state index contributed by atoms with van der Waals surface area (Å²) in [5, 5.41) is 4.97. The molecule has 0 bridgehead atoms. The summed E-state index contributed by atoms with van der Waals surface area (Å²) in [6, 6.07) is 15.6. The summed E-state index contributed by atoms with van der Waals surface area (Å²) in [4.78, 5) is 13.6. The van der Waals surface area contributed by atoms with Gasteiger partial charge in [-0.1, -0.05) is 50.6 Å². The van der Waals surface area contributed by atoms with Crippen LogP contribution in [-0.4, -0.2) is 22.8 Å². The van der Waals surface area contributed by atoms with Crippen LogP contribution in [0, 0.1) is 12.8 Å². The van der Waals surface area contributed by atoms with E-state index < -0.39 is 0 Å². The molecule has 0 spiro atoms. The number of para-hydroxylation sites is 1. The Balaban J connectivity index is 1.98. The highest BCUT2D eigenvalue weighted by Gasteiger charge is 2.36. The minimum Gasteiger partial charge on any atom is -0.496 e. The highest BCUT2D eigenvalue weighted by Crippen LogP contribution is 2.47. The summed E-state index contributed by atoms with van der Waals surface area (Å²) in [7, 11) is 1.67. The lowest BCUT2D eigenvalue weighted by Gasteiger charge is -2.29. The Kier molecular flexibility index (Phi) is 5.50. The van der Waals surface area contributed by atoms with E-state index in [9.17, 15) is 4.79 Å². The summed E-state index contributed by atoms with van der Waals surface area (Å²) in [5.74, 6) is 1.84. The number of aryl methyl sites for hydroxylation is 1. The number of aromatic nitrogens is 2. The minimum absolute atomic E-state index is 0.0972. The monoisotopic (exact) mass is 402 g/mol. The highest BCUT2D eigenvalue weighted by molar-refractivity contribution is 5.98. The van der Waals surface area contributed by atoms with Crippen molar-refractivity contribution in [2.24, 2.45) is 5.92 Å². The molecule has 30 heavy (non-hydrogen) atoms. The van der Waals surface area contributed by atoms with Crippen molar-refractivity contribution in [3.8, 4) is 17.0 Å². The Morgan fingerprint density at radius 3 is 2.47 bits per heavy atom. The fourth-order valence-corrected chi connectivity index (χ4v) is 4.63. The predicted octanol–water partition coefficient (Wildman–Crippen LogP) is 6.19. The zero-order valence-electron chi connectivity index (χ0n) is 18.5. The fourth-order valence-electron chi connectivity index (χ4n) is 4.63. The van der Waals surface area contributed by atoms with E-state index in [1.807, 2.05) is 55.5 Å². The maximum Gasteiger partial charge on any atom is 0.278 e. The van der Waals surface area contributed by atoms with E-state index in [1.165, 1.54) is 5.56 Å². The molecular weight excluding hydrogens is 372 g/mol. The standard InChI is InChI=1S/C26H30N2O2/c1-16(2)20-15-12-18(4)23-24(20)27-28(26(29)19-13-10-17(3)11-14-19)25(23)21-8-6-7-9-22(21)30-5/h6-11,13-14,16,18,20H,12,15H2,1-5H3/t18-,20+/m1/s1. The smallest absolute Gasteiger partial charge is 0.278 e. The maximum atomic E-state index is 13.6. The van der Waals surface area contributed by atoms with Gasteiger partial charge in [-0.25, -0.2) is 0 Å². The van der Waals surface area contributed by atoms with Crippen LogP contribution in [0.15, 0.2) is 48.5 Å². The third kappa shape index (κ3) is 3.45. The average molecular weight is 403 g/mol. The summed E-state index contributed by atoms with van der Waals surface area (Å²) in [5.41, 5.74) is 5.85. The molecular formula is C26H30N2O2. The number of carbonyl (C=O) groups excluding carboxylic acids is 1. The van der Waals surface area contributed by atoms with Gasteiger partial charge in [-0.2, -0.15) is 9.78 Å². The molecule has 0 N–H and O–H groups in total. The van der Waals surface area contributed by atoms with Crippen LogP contribution >= 0.6 is 0 Å². The Bertz CT molecular complexity index is 1060. The Morgan fingerprint density at radius 2 is 1.80 bits per heavy atom. The van der Waals surface area contributed by atoms with Gasteiger partial charge < -0.3 is 4.74 Å². The van der Waals surface area contributed by atoms with Gasteiger partial charge in [0.05, 0.1) is 18.5 Å². The molecule has 1 heterocycles. The van der Waals surface area contributed by atoms with Gasteiger partial charge >= 0.3 is 0 Å². The lowest BCUT2D eigenvalue weighted by atomic mass is 9.75. The van der Waals surface area contributed by atoms with Gasteiger partial charge in [-0.3, -0.25) is 4.79 Å². The van der Waals surface area contributed by atoms with Crippen LogP contribution in [0.1, 0.15) is 72.6 Å². The van der Waals surface area contributed by atoms with E-state index in [1.54, 1.807) is 11.8 Å². The van der Waals surface area contributed by atoms with Crippen LogP contribution in [0.3, 0.4) is 0 Å². The first-order valence-corrected chi connectivity index (χ1v) is 10.8. The largest absolute Gasteiger partial charge is 0.496 e. The van der Waals surface area contributed by atoms with E-state index in [4.69, 9.17) is 9.84 Å². The number of nitrogens with zero attached hydrogens (tertiary/aromatic N) is 2. The van der Waals surface area contributed by atoms with Crippen LogP contribution < -0.4 is 4.74 Å². The number of hydrogen-bond donors (Lipinski definition) is 0. The molecule has 4 nitrogen and oxygen atoms in total. The predicted molar refractivity (Wildman–Crippen MR) is 120 cm³/mol. The maximum absolute atomic E-state index is 13.6. The van der Waals surface area contributed by atoms with Crippen molar-refractivity contribution in [3.05, 3.63) is 70.9 Å². The second-order valence-electron chi connectivity index (χ2n) is 8.76. The quantitative estimate of drug-likeness (QED) is 0.522. The van der Waals surface area contributed by atoms with E-state index in [0.717, 1.165) is 41.1 Å². The van der Waals surface area contributed by atoms with Crippen molar-refractivity contribution in [3.63, 3.8) is 0 Å². The molecule has 0 unspecified atom stereocenters. The molecule has 2 aromatic carbocycles. The van der Waals surface area contributed by atoms with Gasteiger partial charge in [0.25, 0.3) is 5.91 Å². The van der Waals surface area contributed by atoms with E-state index >= 15 is 0 Å². The van der Waals surface area contributed by atoms with Gasteiger partial charge in [0.1, 0.15) is 5.75 Å². The van der Waals surface area contributed by atoms with Gasteiger partial charge in [0.2, 0.25) is 0 Å². The molecule has 1 aromatic heterocycles. The third-order valence-corrected chi connectivity index (χ3v) is 6.36. The number of methoxy groups -OCH3 is 1. The molecule has 0 saturated carbocycles. The number of carbonyl (C=O) groups is 1. The first kappa shape index (κ1) is 20.4. The molecule has 4 heteroatoms. The SMILES string of the molecule is COc1ccccc1-c1c2c(nn1C(=O)c1ccc(C)cc1)[C@H](C(C)C)CC[C@H]2C. The Labute approximate surface area is 178 Å². The Morgan fingerprint density at radius 1 is 1.10 bits per heavy atom. The van der Waals surface area contributed by atoms with Crippen LogP contribution in [0.4, 0.5) is 0 Å². The lowest BCUT2D eigenvalue weighted by Crippen LogP contribution is -2.17. The zero-order chi connectivity index (χ0) is 21.4. The van der Waals surface area contributed by atoms with E-state index in [2.05, 4.69) is 20.8 Å². The number of fused-ring (bicyclic) bond motifs is 1. The fraction of sp³-hybridized carbons (Fsp3) is 0.385. The highest BCUT2D eigenvalue weighted by atomic mass is 16.5. The summed E-state index contributed by atoms with van der Waals surface area (Å²) >= 11 is 0. The molecule has 1 aliphatic carbocycles. The first-order chi connectivity index (χ1) is 14.4. The van der Waals surface area contributed by atoms with Crippen LogP contribution in [0.5, 0.6) is 5.75 Å². The number of ether oxygens (including phenoxy) is 1. The van der Waals surface area contributed by atoms with Gasteiger partial charge in [0, 0.05) is 22.6 Å². The van der Waals surface area contributed by atoms with Crippen LogP contribution in [-0.2, 0) is 0 Å². The average Bonchev–Trinajstić information content (AvgIpc) is 3.15. The molecule has 1 aliphatic rings. The molecule has 0 amide bonds. The molecule has 0 fully saturated rings. The molecule has 0 aliphatic heterocycles. The van der Waals surface area contributed by atoms with Gasteiger partial charge in [0.15, 0.2) is 0 Å². The second-order valence-corrected chi connectivity index (χ2v) is 8.76. The third-order valence-electron chi connectivity index (χ3n) is 6.36. The second kappa shape index (κ2) is 8.10. The molecule has 4 rings (SSSR count). The molecule has 0 radical (unpaired) electrons. The van der Waals surface area contributed by atoms with Crippen molar-refractivity contribution in [1.82, 2.24) is 9.78 Å². The molecule has 2 atom stereocenters. The van der Waals surface area contributed by atoms with Gasteiger partial charge in [-0.05, 0) is 55.9 Å². The minimum atomic E-state index is -0.0972. The summed E-state index contributed by atoms with van der Waals surface area (Å²) in [6.45, 7) is 8.76. The van der Waals surface area contributed by atoms with Crippen LogP contribution in [0.25, 0.3) is 11.3 Å². The van der Waals surface area contributed by atoms with E-state index in [0.29, 0.717) is 23.3 Å². The van der Waals surface area contributed by atoms with Crippen molar-refractivity contribution < 1.29 is 9.53 Å². The Hall–Kier alpha value is -2.88. The number of benzene rings is 2.